The molecule has 3 heteroatoms. The summed E-state index contributed by atoms with van der Waals surface area (Å²) in [5.41, 5.74) is 2.50. The van der Waals surface area contributed by atoms with Crippen molar-refractivity contribution in [3.8, 4) is 0 Å². The molecule has 2 nitrogen and oxygen atoms in total. The number of hydrogen-bond acceptors (Lipinski definition) is 2. The normalized spacial score (nSPS) is 19.4. The summed E-state index contributed by atoms with van der Waals surface area (Å²) < 4.78 is 2.30. The van der Waals surface area contributed by atoms with Gasteiger partial charge in [0, 0.05) is 35.5 Å². The van der Waals surface area contributed by atoms with Crippen LogP contribution in [0.3, 0.4) is 0 Å². The molecule has 1 heterocycles. The smallest absolute Gasteiger partial charge is 0.0807 e. The minimum absolute atomic E-state index is 0.231. The number of hydrogen-bond donors (Lipinski definition) is 1. The van der Waals surface area contributed by atoms with Gasteiger partial charge in [-0.2, -0.15) is 11.8 Å². The third-order valence-electron chi connectivity index (χ3n) is 3.08. The van der Waals surface area contributed by atoms with E-state index in [1.807, 2.05) is 17.8 Å². The fourth-order valence-corrected chi connectivity index (χ4v) is 2.93. The van der Waals surface area contributed by atoms with Gasteiger partial charge in [-0.05, 0) is 25.3 Å². The zero-order valence-electron chi connectivity index (χ0n) is 9.56. The summed E-state index contributed by atoms with van der Waals surface area (Å²) in [6, 6.07) is 2.08. The molecule has 1 N–H and O–H groups in total. The molecule has 1 atom stereocenters. The van der Waals surface area contributed by atoms with E-state index < -0.39 is 0 Å². The van der Waals surface area contributed by atoms with Gasteiger partial charge in [0.05, 0.1) is 6.10 Å². The number of nitrogens with zero attached hydrogens (tertiary/aromatic N) is 1. The van der Waals surface area contributed by atoms with Crippen LogP contribution in [0.15, 0.2) is 24.9 Å². The molecule has 1 aliphatic rings. The topological polar surface area (TPSA) is 25.2 Å². The van der Waals surface area contributed by atoms with E-state index in [1.165, 1.54) is 5.69 Å². The summed E-state index contributed by atoms with van der Waals surface area (Å²) in [4.78, 5) is 0. The highest BCUT2D eigenvalue weighted by Gasteiger charge is 2.20. The Labute approximate surface area is 101 Å². The maximum Gasteiger partial charge on any atom is 0.0807 e. The molecule has 1 aromatic rings. The van der Waals surface area contributed by atoms with Crippen LogP contribution in [0.5, 0.6) is 0 Å². The molecule has 1 aromatic heterocycles. The molecule has 0 saturated carbocycles. The first-order valence-electron chi connectivity index (χ1n) is 5.87. The lowest BCUT2D eigenvalue weighted by atomic mass is 9.95. The lowest BCUT2D eigenvalue weighted by Crippen LogP contribution is -2.12. The molecule has 0 amide bonds. The second kappa shape index (κ2) is 5.60. The van der Waals surface area contributed by atoms with E-state index in [0.717, 1.165) is 42.9 Å². The average molecular weight is 237 g/mol. The first kappa shape index (κ1) is 11.8. The molecular weight excluding hydrogens is 218 g/mol. The highest BCUT2D eigenvalue weighted by atomic mass is 32.2. The van der Waals surface area contributed by atoms with Crippen molar-refractivity contribution in [2.45, 2.75) is 31.9 Å². The van der Waals surface area contributed by atoms with Crippen molar-refractivity contribution >= 4 is 11.8 Å². The Balaban J connectivity index is 1.97. The van der Waals surface area contributed by atoms with Crippen molar-refractivity contribution in [1.29, 1.82) is 0 Å². The van der Waals surface area contributed by atoms with Gasteiger partial charge in [0.2, 0.25) is 0 Å². The van der Waals surface area contributed by atoms with Gasteiger partial charge >= 0.3 is 0 Å². The van der Waals surface area contributed by atoms with Crippen molar-refractivity contribution < 1.29 is 5.11 Å². The van der Waals surface area contributed by atoms with Crippen LogP contribution in [0.2, 0.25) is 0 Å². The van der Waals surface area contributed by atoms with E-state index in [9.17, 15) is 5.11 Å². The molecular formula is C13H19NOS. The van der Waals surface area contributed by atoms with Gasteiger partial charge in [-0.25, -0.2) is 0 Å². The van der Waals surface area contributed by atoms with Crippen LogP contribution in [-0.2, 0) is 13.0 Å². The molecule has 0 bridgehead atoms. The van der Waals surface area contributed by atoms with Gasteiger partial charge in [0.1, 0.15) is 0 Å². The van der Waals surface area contributed by atoms with Gasteiger partial charge in [-0.3, -0.25) is 0 Å². The van der Waals surface area contributed by atoms with Gasteiger partial charge in [0.25, 0.3) is 0 Å². The molecule has 88 valence electrons. The van der Waals surface area contributed by atoms with Crippen LogP contribution in [0.4, 0.5) is 0 Å². The van der Waals surface area contributed by atoms with Crippen LogP contribution < -0.4 is 0 Å². The number of thioether (sulfide) groups is 1. The first-order chi connectivity index (χ1) is 7.83. The summed E-state index contributed by atoms with van der Waals surface area (Å²) in [6.45, 7) is 4.76. The maximum atomic E-state index is 9.85. The Morgan fingerprint density at radius 1 is 1.62 bits per heavy atom. The van der Waals surface area contributed by atoms with E-state index in [4.69, 9.17) is 0 Å². The molecule has 0 saturated heterocycles. The van der Waals surface area contributed by atoms with Crippen molar-refractivity contribution in [3.05, 3.63) is 36.2 Å². The fourth-order valence-electron chi connectivity index (χ4n) is 2.27. The monoisotopic (exact) mass is 237 g/mol. The van der Waals surface area contributed by atoms with Crippen LogP contribution in [0.1, 0.15) is 30.2 Å². The van der Waals surface area contributed by atoms with E-state index in [-0.39, 0.29) is 6.10 Å². The maximum absolute atomic E-state index is 9.85. The highest BCUT2D eigenvalue weighted by molar-refractivity contribution is 7.99. The average Bonchev–Trinajstić information content (AvgIpc) is 2.70. The van der Waals surface area contributed by atoms with Gasteiger partial charge < -0.3 is 9.67 Å². The van der Waals surface area contributed by atoms with Crippen molar-refractivity contribution in [2.75, 3.05) is 11.5 Å². The Bertz CT molecular complexity index is 359. The Hall–Kier alpha value is -0.670. The summed E-state index contributed by atoms with van der Waals surface area (Å²) in [6.07, 6.45) is 6.98. The number of aromatic nitrogens is 1. The number of rotatable bonds is 5. The van der Waals surface area contributed by atoms with E-state index in [1.54, 1.807) is 0 Å². The summed E-state index contributed by atoms with van der Waals surface area (Å²) >= 11 is 1.90. The van der Waals surface area contributed by atoms with Crippen LogP contribution in [-0.4, -0.2) is 21.2 Å². The summed E-state index contributed by atoms with van der Waals surface area (Å²) in [5, 5.41) is 9.85. The second-order valence-corrected chi connectivity index (χ2v) is 5.33. The Kier molecular flexibility index (Phi) is 4.13. The molecule has 0 aromatic carbocycles. The van der Waals surface area contributed by atoms with E-state index in [0.29, 0.717) is 0 Å². The van der Waals surface area contributed by atoms with Crippen LogP contribution in [0, 0.1) is 0 Å². The molecule has 1 unspecified atom stereocenters. The Morgan fingerprint density at radius 2 is 2.50 bits per heavy atom. The lowest BCUT2D eigenvalue weighted by Gasteiger charge is -2.20. The standard InChI is InChI=1S/C13H19NOS/c1-2-9-16-10-8-14-7-6-11-12(14)4-3-5-13(11)15/h2,6-7,13,15H,1,3-5,8-10H2. The van der Waals surface area contributed by atoms with Crippen molar-refractivity contribution in [3.63, 3.8) is 0 Å². The van der Waals surface area contributed by atoms with Crippen molar-refractivity contribution in [1.82, 2.24) is 4.57 Å². The summed E-state index contributed by atoms with van der Waals surface area (Å²) in [5.74, 6) is 2.13. The number of aliphatic hydroxyl groups is 1. The highest BCUT2D eigenvalue weighted by Crippen LogP contribution is 2.30. The number of aryl methyl sites for hydroxylation is 1. The summed E-state index contributed by atoms with van der Waals surface area (Å²) in [7, 11) is 0. The number of aliphatic hydroxyl groups excluding tert-OH is 1. The largest absolute Gasteiger partial charge is 0.388 e. The molecule has 0 fully saturated rings. The van der Waals surface area contributed by atoms with Gasteiger partial charge in [0.15, 0.2) is 0 Å². The molecule has 2 rings (SSSR count). The van der Waals surface area contributed by atoms with Crippen LogP contribution >= 0.6 is 11.8 Å². The fraction of sp³-hybridized carbons (Fsp3) is 0.538. The Morgan fingerprint density at radius 3 is 3.31 bits per heavy atom. The third-order valence-corrected chi connectivity index (χ3v) is 4.02. The zero-order chi connectivity index (χ0) is 11.4. The predicted octanol–water partition coefficient (Wildman–Crippen LogP) is 2.78. The third kappa shape index (κ3) is 2.53. The molecule has 0 radical (unpaired) electrons. The quantitative estimate of drug-likeness (QED) is 0.629. The minimum Gasteiger partial charge on any atom is -0.388 e. The molecule has 16 heavy (non-hydrogen) atoms. The van der Waals surface area contributed by atoms with Crippen LogP contribution in [0.25, 0.3) is 0 Å². The second-order valence-electron chi connectivity index (χ2n) is 4.18. The molecule has 1 aliphatic carbocycles. The van der Waals surface area contributed by atoms with E-state index in [2.05, 4.69) is 23.4 Å². The van der Waals surface area contributed by atoms with E-state index >= 15 is 0 Å². The number of fused-ring (bicyclic) bond motifs is 1. The molecule has 0 spiro atoms. The molecule has 0 aliphatic heterocycles. The van der Waals surface area contributed by atoms with Gasteiger partial charge in [-0.1, -0.05) is 6.08 Å². The zero-order valence-corrected chi connectivity index (χ0v) is 10.4. The SMILES string of the molecule is C=CCSCCn1ccc2c1CCCC2O. The lowest BCUT2D eigenvalue weighted by molar-refractivity contribution is 0.155. The van der Waals surface area contributed by atoms with Gasteiger partial charge in [-0.15, -0.1) is 6.58 Å². The van der Waals surface area contributed by atoms with Crippen molar-refractivity contribution in [2.24, 2.45) is 0 Å². The predicted molar refractivity (Wildman–Crippen MR) is 69.9 cm³/mol. The first-order valence-corrected chi connectivity index (χ1v) is 7.03. The minimum atomic E-state index is -0.231.